The van der Waals surface area contributed by atoms with Gasteiger partial charge in [0, 0.05) is 25.0 Å². The van der Waals surface area contributed by atoms with E-state index < -0.39 is 5.97 Å². The molecule has 0 aliphatic carbocycles. The first-order valence-electron chi connectivity index (χ1n) is 8.35. The molecule has 3 heterocycles. The van der Waals surface area contributed by atoms with Crippen molar-refractivity contribution in [2.45, 2.75) is 0 Å². The van der Waals surface area contributed by atoms with E-state index in [1.165, 1.54) is 7.11 Å². The predicted octanol–water partition coefficient (Wildman–Crippen LogP) is 2.16. The second kappa shape index (κ2) is 6.90. The Kier molecular flexibility index (Phi) is 4.43. The number of carbonyl (C=O) groups is 1. The van der Waals surface area contributed by atoms with E-state index in [0.29, 0.717) is 18.9 Å². The molecule has 1 fully saturated rings. The van der Waals surface area contributed by atoms with Crippen LogP contribution in [0.25, 0.3) is 15.9 Å². The largest absolute Gasteiger partial charge is 0.464 e. The number of benzene rings is 1. The molecule has 1 aliphatic rings. The number of esters is 1. The monoisotopic (exact) mass is 383 g/mol. The number of hydrogen-bond acceptors (Lipinski definition) is 8. The minimum atomic E-state index is -0.590. The van der Waals surface area contributed by atoms with Crippen molar-refractivity contribution in [1.29, 1.82) is 5.26 Å². The lowest BCUT2D eigenvalue weighted by Gasteiger charge is -2.25. The molecule has 0 saturated carbocycles. The van der Waals surface area contributed by atoms with Gasteiger partial charge in [0.1, 0.15) is 6.07 Å². The van der Waals surface area contributed by atoms with Crippen LogP contribution in [0.4, 0.5) is 10.8 Å². The van der Waals surface area contributed by atoms with Crippen LogP contribution in [0.15, 0.2) is 24.4 Å². The van der Waals surface area contributed by atoms with Gasteiger partial charge in [-0.15, -0.1) is 0 Å². The van der Waals surface area contributed by atoms with Crippen LogP contribution in [0.3, 0.4) is 0 Å². The van der Waals surface area contributed by atoms with Gasteiger partial charge in [-0.25, -0.2) is 9.78 Å². The Labute approximate surface area is 159 Å². The first-order chi connectivity index (χ1) is 13.1. The van der Waals surface area contributed by atoms with Gasteiger partial charge in [-0.05, 0) is 18.2 Å². The molecule has 8 nitrogen and oxygen atoms in total. The van der Waals surface area contributed by atoms with Crippen molar-refractivity contribution in [3.63, 3.8) is 0 Å². The van der Waals surface area contributed by atoms with Crippen molar-refractivity contribution in [2.75, 3.05) is 44.0 Å². The summed E-state index contributed by atoms with van der Waals surface area (Å²) in [6.07, 6.45) is 1.55. The molecule has 0 amide bonds. The van der Waals surface area contributed by atoms with Crippen molar-refractivity contribution in [3.8, 4) is 11.8 Å². The average Bonchev–Trinajstić information content (AvgIpc) is 3.28. The Bertz CT molecular complexity index is 1060. The van der Waals surface area contributed by atoms with Crippen LogP contribution in [0, 0.1) is 11.3 Å². The molecular formula is C18H17N5O3S. The highest BCUT2D eigenvalue weighted by Gasteiger charge is 2.22. The maximum atomic E-state index is 12.2. The maximum Gasteiger partial charge on any atom is 0.357 e. The summed E-state index contributed by atoms with van der Waals surface area (Å²) in [7, 11) is 1.28. The van der Waals surface area contributed by atoms with E-state index in [4.69, 9.17) is 20.2 Å². The molecule has 4 rings (SSSR count). The summed E-state index contributed by atoms with van der Waals surface area (Å²) in [6, 6.07) is 7.68. The smallest absolute Gasteiger partial charge is 0.357 e. The summed E-state index contributed by atoms with van der Waals surface area (Å²) in [6.45, 7) is 3.03. The fourth-order valence-electron chi connectivity index (χ4n) is 3.06. The van der Waals surface area contributed by atoms with Crippen LogP contribution in [-0.2, 0) is 9.47 Å². The van der Waals surface area contributed by atoms with Gasteiger partial charge >= 0.3 is 5.97 Å². The standard InChI is InChI=1S/C18H17N5O3S/c1-25-17(24)16-15(20)11(9-19)10-23(16)12-2-3-13-14(8-12)27-18(21-13)22-4-6-26-7-5-22/h2-3,8,10H,4-7,20H2,1H3. The fourth-order valence-corrected chi connectivity index (χ4v) is 4.11. The van der Waals surface area contributed by atoms with Gasteiger partial charge in [-0.2, -0.15) is 5.26 Å². The van der Waals surface area contributed by atoms with Crippen LogP contribution in [-0.4, -0.2) is 48.9 Å². The van der Waals surface area contributed by atoms with Crippen molar-refractivity contribution >= 4 is 38.3 Å². The number of fused-ring (bicyclic) bond motifs is 1. The van der Waals surface area contributed by atoms with Crippen molar-refractivity contribution in [3.05, 3.63) is 35.7 Å². The highest BCUT2D eigenvalue weighted by atomic mass is 32.1. The summed E-state index contributed by atoms with van der Waals surface area (Å²) in [5, 5.41) is 10.2. The van der Waals surface area contributed by atoms with E-state index in [0.717, 1.165) is 28.4 Å². The molecule has 1 aliphatic heterocycles. The van der Waals surface area contributed by atoms with Crippen molar-refractivity contribution < 1.29 is 14.3 Å². The number of morpholine rings is 1. The number of rotatable bonds is 3. The van der Waals surface area contributed by atoms with Gasteiger partial charge in [0.2, 0.25) is 0 Å². The third kappa shape index (κ3) is 2.99. The first kappa shape index (κ1) is 17.3. The highest BCUT2D eigenvalue weighted by molar-refractivity contribution is 7.22. The molecule has 3 aromatic rings. The second-order valence-corrected chi connectivity index (χ2v) is 7.04. The van der Waals surface area contributed by atoms with Crippen LogP contribution in [0.1, 0.15) is 16.1 Å². The summed E-state index contributed by atoms with van der Waals surface area (Å²) in [4.78, 5) is 19.1. The zero-order valence-corrected chi connectivity index (χ0v) is 15.5. The number of nitriles is 1. The van der Waals surface area contributed by atoms with E-state index in [9.17, 15) is 10.1 Å². The Morgan fingerprint density at radius 2 is 2.19 bits per heavy atom. The molecule has 138 valence electrons. The minimum absolute atomic E-state index is 0.114. The number of nitrogens with zero attached hydrogens (tertiary/aromatic N) is 4. The third-order valence-electron chi connectivity index (χ3n) is 4.46. The Morgan fingerprint density at radius 3 is 2.89 bits per heavy atom. The summed E-state index contributed by atoms with van der Waals surface area (Å²) >= 11 is 1.58. The molecule has 9 heteroatoms. The van der Waals surface area contributed by atoms with Gasteiger partial charge in [0.25, 0.3) is 0 Å². The number of thiazole rings is 1. The molecule has 0 spiro atoms. The van der Waals surface area contributed by atoms with Gasteiger partial charge in [0.15, 0.2) is 10.8 Å². The molecule has 2 aromatic heterocycles. The van der Waals surface area contributed by atoms with E-state index >= 15 is 0 Å². The lowest BCUT2D eigenvalue weighted by molar-refractivity contribution is 0.0593. The summed E-state index contributed by atoms with van der Waals surface area (Å²) in [5.74, 6) is -0.590. The zero-order valence-electron chi connectivity index (χ0n) is 14.6. The van der Waals surface area contributed by atoms with Gasteiger partial charge in [-0.3, -0.25) is 0 Å². The van der Waals surface area contributed by atoms with E-state index in [1.54, 1.807) is 22.1 Å². The molecule has 1 aromatic carbocycles. The molecule has 0 radical (unpaired) electrons. The van der Waals surface area contributed by atoms with Crippen LogP contribution >= 0.6 is 11.3 Å². The number of carbonyl (C=O) groups excluding carboxylic acids is 1. The Hall–Kier alpha value is -3.09. The van der Waals surface area contributed by atoms with E-state index in [-0.39, 0.29) is 16.9 Å². The molecular weight excluding hydrogens is 366 g/mol. The van der Waals surface area contributed by atoms with Crippen LogP contribution in [0.2, 0.25) is 0 Å². The number of aromatic nitrogens is 2. The topological polar surface area (TPSA) is 106 Å². The van der Waals surface area contributed by atoms with E-state index in [2.05, 4.69) is 4.90 Å². The number of hydrogen-bond donors (Lipinski definition) is 1. The van der Waals surface area contributed by atoms with Crippen LogP contribution < -0.4 is 10.6 Å². The normalized spacial score (nSPS) is 14.3. The fraction of sp³-hybridized carbons (Fsp3) is 0.278. The zero-order chi connectivity index (χ0) is 19.0. The molecule has 0 unspecified atom stereocenters. The molecule has 2 N–H and O–H groups in total. The molecule has 1 saturated heterocycles. The van der Waals surface area contributed by atoms with E-state index in [1.807, 2.05) is 24.3 Å². The number of methoxy groups -OCH3 is 1. The summed E-state index contributed by atoms with van der Waals surface area (Å²) in [5.41, 5.74) is 8.06. The first-order valence-corrected chi connectivity index (χ1v) is 9.17. The molecule has 27 heavy (non-hydrogen) atoms. The van der Waals surface area contributed by atoms with Crippen molar-refractivity contribution in [2.24, 2.45) is 0 Å². The predicted molar refractivity (Wildman–Crippen MR) is 102 cm³/mol. The molecule has 0 atom stereocenters. The second-order valence-electron chi connectivity index (χ2n) is 6.03. The van der Waals surface area contributed by atoms with Crippen molar-refractivity contribution in [1.82, 2.24) is 9.55 Å². The average molecular weight is 383 g/mol. The number of ether oxygens (including phenoxy) is 2. The number of nitrogens with two attached hydrogens (primary N) is 1. The quantitative estimate of drug-likeness (QED) is 0.691. The molecule has 0 bridgehead atoms. The van der Waals surface area contributed by atoms with Gasteiger partial charge < -0.3 is 24.7 Å². The third-order valence-corrected chi connectivity index (χ3v) is 5.54. The Morgan fingerprint density at radius 1 is 1.41 bits per heavy atom. The maximum absolute atomic E-state index is 12.2. The summed E-state index contributed by atoms with van der Waals surface area (Å²) < 4.78 is 12.8. The van der Waals surface area contributed by atoms with Crippen LogP contribution in [0.5, 0.6) is 0 Å². The Balaban J connectivity index is 1.78. The number of anilines is 2. The minimum Gasteiger partial charge on any atom is -0.464 e. The SMILES string of the molecule is COC(=O)c1c(N)c(C#N)cn1-c1ccc2nc(N3CCOCC3)sc2c1. The lowest BCUT2D eigenvalue weighted by Crippen LogP contribution is -2.36. The highest BCUT2D eigenvalue weighted by Crippen LogP contribution is 2.32. The van der Waals surface area contributed by atoms with Gasteiger partial charge in [0.05, 0.1) is 41.8 Å². The van der Waals surface area contributed by atoms with Gasteiger partial charge in [-0.1, -0.05) is 11.3 Å². The lowest BCUT2D eigenvalue weighted by atomic mass is 10.2. The number of nitrogen functional groups attached to an aromatic ring is 1.